The van der Waals surface area contributed by atoms with Crippen molar-refractivity contribution in [2.75, 3.05) is 31.7 Å². The first kappa shape index (κ1) is 23.6. The van der Waals surface area contributed by atoms with Gasteiger partial charge in [-0.2, -0.15) is 5.10 Å². The number of carbonyl (C=O) groups is 2. The number of carbonyl (C=O) groups excluding carboxylic acids is 2. The lowest BCUT2D eigenvalue weighted by atomic mass is 10.0. The smallest absolute Gasteiger partial charge is 0.323 e. The Kier molecular flexibility index (Phi) is 6.73. The first-order chi connectivity index (χ1) is 16.2. The van der Waals surface area contributed by atoms with Crippen LogP contribution in [-0.2, 0) is 6.54 Å². The van der Waals surface area contributed by atoms with Crippen LogP contribution in [0.1, 0.15) is 16.1 Å². The van der Waals surface area contributed by atoms with Gasteiger partial charge in [0.05, 0.1) is 28.5 Å². The maximum absolute atomic E-state index is 13.4. The minimum Gasteiger partial charge on any atom is -0.385 e. The van der Waals surface area contributed by atoms with E-state index in [1.54, 1.807) is 35.0 Å². The molecule has 0 saturated carbocycles. The number of hydrogen-bond acceptors (Lipinski definition) is 7. The van der Waals surface area contributed by atoms with Crippen LogP contribution in [0.2, 0.25) is 10.0 Å². The zero-order valence-corrected chi connectivity index (χ0v) is 19.9. The second-order valence-electron chi connectivity index (χ2n) is 7.88. The molecule has 3 heterocycles. The monoisotopic (exact) mass is 500 g/mol. The van der Waals surface area contributed by atoms with Crippen molar-refractivity contribution in [1.82, 2.24) is 30.1 Å². The van der Waals surface area contributed by atoms with Crippen LogP contribution in [0, 0.1) is 0 Å². The van der Waals surface area contributed by atoms with Gasteiger partial charge in [0, 0.05) is 29.0 Å². The molecule has 1 aromatic carbocycles. The van der Waals surface area contributed by atoms with Crippen LogP contribution in [-0.4, -0.2) is 52.0 Å². The molecule has 4 rings (SSSR count). The number of urea groups is 1. The number of nitrogens with zero attached hydrogens (tertiary/aromatic N) is 4. The fourth-order valence-electron chi connectivity index (χ4n) is 3.55. The molecule has 34 heavy (non-hydrogen) atoms. The van der Waals surface area contributed by atoms with Crippen molar-refractivity contribution in [3.8, 4) is 0 Å². The number of fused-ring (bicyclic) bond motifs is 1. The van der Waals surface area contributed by atoms with Crippen molar-refractivity contribution in [2.45, 2.75) is 6.54 Å². The maximum atomic E-state index is 13.4. The van der Waals surface area contributed by atoms with E-state index in [0.717, 1.165) is 5.69 Å². The van der Waals surface area contributed by atoms with E-state index < -0.39 is 6.03 Å². The van der Waals surface area contributed by atoms with Crippen molar-refractivity contribution >= 4 is 52.0 Å². The van der Waals surface area contributed by atoms with Gasteiger partial charge in [0.25, 0.3) is 0 Å². The van der Waals surface area contributed by atoms with E-state index in [4.69, 9.17) is 28.9 Å². The van der Waals surface area contributed by atoms with E-state index in [9.17, 15) is 9.59 Å². The van der Waals surface area contributed by atoms with Crippen LogP contribution in [0.3, 0.4) is 0 Å². The van der Waals surface area contributed by atoms with Crippen molar-refractivity contribution in [3.63, 3.8) is 0 Å². The van der Waals surface area contributed by atoms with E-state index >= 15 is 0 Å². The molecule has 0 radical (unpaired) electrons. The van der Waals surface area contributed by atoms with Gasteiger partial charge in [-0.25, -0.2) is 14.3 Å². The number of hydrogen-bond donors (Lipinski definition) is 4. The van der Waals surface area contributed by atoms with Gasteiger partial charge >= 0.3 is 6.03 Å². The Morgan fingerprint density at radius 1 is 1.24 bits per heavy atom. The number of benzene rings is 1. The van der Waals surface area contributed by atoms with Gasteiger partial charge in [0.2, 0.25) is 0 Å². The second-order valence-corrected chi connectivity index (χ2v) is 8.72. The summed E-state index contributed by atoms with van der Waals surface area (Å²) in [7, 11) is 3.84. The predicted molar refractivity (Wildman–Crippen MR) is 132 cm³/mol. The average Bonchev–Trinajstić information content (AvgIpc) is 3.14. The first-order valence-electron chi connectivity index (χ1n) is 10.2. The SMILES string of the molecule is CN(C)Cc1cc(C(=O)C2=CNCC(NC(=O)Nc3ccc(Cl)cc3Cl)=C2)c2c(N)ncnn12. The molecule has 12 heteroatoms. The number of halogens is 2. The first-order valence-corrected chi connectivity index (χ1v) is 11.0. The van der Waals surface area contributed by atoms with Gasteiger partial charge in [-0.05, 0) is 44.4 Å². The molecule has 0 aliphatic carbocycles. The number of rotatable bonds is 6. The summed E-state index contributed by atoms with van der Waals surface area (Å²) in [5.41, 5.74) is 8.94. The highest BCUT2D eigenvalue weighted by Crippen LogP contribution is 2.26. The van der Waals surface area contributed by atoms with E-state index in [2.05, 4.69) is 26.0 Å². The molecule has 176 valence electrons. The summed E-state index contributed by atoms with van der Waals surface area (Å²) in [5, 5.41) is 13.4. The molecule has 5 N–H and O–H groups in total. The molecule has 0 saturated heterocycles. The van der Waals surface area contributed by atoms with Crippen molar-refractivity contribution in [2.24, 2.45) is 0 Å². The molecule has 0 bridgehead atoms. The summed E-state index contributed by atoms with van der Waals surface area (Å²) >= 11 is 12.0. The normalized spacial score (nSPS) is 13.3. The fourth-order valence-corrected chi connectivity index (χ4v) is 4.01. The summed E-state index contributed by atoms with van der Waals surface area (Å²) in [6, 6.07) is 6.00. The highest BCUT2D eigenvalue weighted by molar-refractivity contribution is 6.36. The third-order valence-corrected chi connectivity index (χ3v) is 5.52. The number of dihydropyridines is 1. The Balaban J connectivity index is 1.56. The molecule has 1 aliphatic rings. The number of allylic oxidation sites excluding steroid dienone is 2. The molecule has 0 fully saturated rings. The summed E-state index contributed by atoms with van der Waals surface area (Å²) in [6.45, 7) is 0.879. The molecule has 0 atom stereocenters. The molecule has 1 aliphatic heterocycles. The van der Waals surface area contributed by atoms with Gasteiger partial charge in [-0.15, -0.1) is 0 Å². The second kappa shape index (κ2) is 9.72. The number of amides is 2. The molecule has 0 unspecified atom stereocenters. The maximum Gasteiger partial charge on any atom is 0.323 e. The van der Waals surface area contributed by atoms with Crippen LogP contribution in [0.15, 0.2) is 54.1 Å². The number of Topliss-reactive ketones (excluding diaryl/α,β-unsaturated/α-hetero) is 1. The van der Waals surface area contributed by atoms with Gasteiger partial charge in [0.15, 0.2) is 11.6 Å². The molecule has 3 aromatic rings. The van der Waals surface area contributed by atoms with Crippen molar-refractivity contribution < 1.29 is 9.59 Å². The number of ketones is 1. The number of nitrogen functional groups attached to an aromatic ring is 1. The van der Waals surface area contributed by atoms with E-state index in [1.165, 1.54) is 12.4 Å². The standard InChI is InChI=1S/C22H22Cl2N8O2/c1-31(2)10-15-7-16(19-21(25)27-11-28-32(15)19)20(33)12-5-14(9-26-8-12)29-22(34)30-18-4-3-13(23)6-17(18)24/h3-8,11,26H,9-10H2,1-2H3,(H2,25,27,28)(H2,29,30,34). The van der Waals surface area contributed by atoms with Crippen LogP contribution in [0.5, 0.6) is 0 Å². The summed E-state index contributed by atoms with van der Waals surface area (Å²) in [4.78, 5) is 31.9. The minimum absolute atomic E-state index is 0.203. The zero-order valence-electron chi connectivity index (χ0n) is 18.4. The molecular weight excluding hydrogens is 479 g/mol. The molecule has 0 spiro atoms. The van der Waals surface area contributed by atoms with E-state index in [-0.39, 0.29) is 11.6 Å². The van der Waals surface area contributed by atoms with Gasteiger partial charge in [-0.1, -0.05) is 23.2 Å². The topological polar surface area (TPSA) is 130 Å². The molecule has 2 amide bonds. The van der Waals surface area contributed by atoms with Gasteiger partial charge < -0.3 is 26.6 Å². The van der Waals surface area contributed by atoms with Gasteiger partial charge in [-0.3, -0.25) is 4.79 Å². The van der Waals surface area contributed by atoms with Crippen LogP contribution in [0.4, 0.5) is 16.3 Å². The minimum atomic E-state index is -0.508. The van der Waals surface area contributed by atoms with E-state index in [0.29, 0.717) is 51.2 Å². The Morgan fingerprint density at radius 3 is 2.76 bits per heavy atom. The number of nitrogens with one attached hydrogen (secondary N) is 3. The third kappa shape index (κ3) is 4.98. The average molecular weight is 501 g/mol. The highest BCUT2D eigenvalue weighted by Gasteiger charge is 2.23. The summed E-state index contributed by atoms with van der Waals surface area (Å²) in [5.74, 6) is -0.0778. The zero-order chi connectivity index (χ0) is 24.4. The van der Waals surface area contributed by atoms with Crippen LogP contribution >= 0.6 is 23.2 Å². The van der Waals surface area contributed by atoms with Crippen molar-refractivity contribution in [3.05, 3.63) is 75.4 Å². The lowest BCUT2D eigenvalue weighted by Gasteiger charge is -2.17. The van der Waals surface area contributed by atoms with Crippen LogP contribution < -0.4 is 21.7 Å². The van der Waals surface area contributed by atoms with E-state index in [1.807, 2.05) is 19.0 Å². The fraction of sp³-hybridized carbons (Fsp3) is 0.182. The largest absolute Gasteiger partial charge is 0.385 e. The molecule has 10 nitrogen and oxygen atoms in total. The third-order valence-electron chi connectivity index (χ3n) is 4.97. The van der Waals surface area contributed by atoms with Crippen molar-refractivity contribution in [1.29, 1.82) is 0 Å². The summed E-state index contributed by atoms with van der Waals surface area (Å²) in [6.07, 6.45) is 4.55. The molecular formula is C22H22Cl2N8O2. The lowest BCUT2D eigenvalue weighted by Crippen LogP contribution is -2.34. The predicted octanol–water partition coefficient (Wildman–Crippen LogP) is 3.06. The number of aromatic nitrogens is 3. The number of anilines is 2. The van der Waals surface area contributed by atoms with Crippen LogP contribution in [0.25, 0.3) is 5.52 Å². The quantitative estimate of drug-likeness (QED) is 0.382. The van der Waals surface area contributed by atoms with Gasteiger partial charge in [0.1, 0.15) is 11.8 Å². The Bertz CT molecular complexity index is 1350. The lowest BCUT2D eigenvalue weighted by molar-refractivity contribution is 0.103. The Labute approximate surface area is 205 Å². The highest BCUT2D eigenvalue weighted by atomic mass is 35.5. The molecule has 2 aromatic heterocycles. The Morgan fingerprint density at radius 2 is 2.03 bits per heavy atom. The number of nitrogens with two attached hydrogens (primary N) is 1. The Hall–Kier alpha value is -3.60. The summed E-state index contributed by atoms with van der Waals surface area (Å²) < 4.78 is 1.62.